The van der Waals surface area contributed by atoms with E-state index in [1.807, 2.05) is 91.0 Å². The second-order valence-electron chi connectivity index (χ2n) is 5.53. The van der Waals surface area contributed by atoms with Crippen LogP contribution < -0.4 is 5.32 Å². The van der Waals surface area contributed by atoms with Crippen LogP contribution in [0, 0.1) is 0 Å². The second kappa shape index (κ2) is 7.33. The van der Waals surface area contributed by atoms with Crippen LogP contribution in [-0.4, -0.2) is 11.8 Å². The van der Waals surface area contributed by atoms with Gasteiger partial charge in [-0.05, 0) is 16.7 Å². The quantitative estimate of drug-likeness (QED) is 0.545. The fraction of sp³-hybridized carbons (Fsp3) is 0.0952. The van der Waals surface area contributed by atoms with Crippen molar-refractivity contribution in [3.63, 3.8) is 0 Å². The molecular formula is C21H18ClNO. The van der Waals surface area contributed by atoms with Gasteiger partial charge >= 0.3 is 0 Å². The maximum atomic E-state index is 12.3. The molecule has 0 saturated heterocycles. The van der Waals surface area contributed by atoms with E-state index < -0.39 is 5.54 Å². The largest absolute Gasteiger partial charge is 0.337 e. The van der Waals surface area contributed by atoms with Crippen molar-refractivity contribution in [3.05, 3.63) is 108 Å². The topological polar surface area (TPSA) is 29.1 Å². The van der Waals surface area contributed by atoms with Crippen molar-refractivity contribution in [1.29, 1.82) is 0 Å². The summed E-state index contributed by atoms with van der Waals surface area (Å²) >= 11 is 5.81. The zero-order valence-corrected chi connectivity index (χ0v) is 13.9. The van der Waals surface area contributed by atoms with Gasteiger partial charge in [-0.2, -0.15) is 0 Å². The Hall–Kier alpha value is -2.58. The summed E-state index contributed by atoms with van der Waals surface area (Å²) < 4.78 is 0. The first-order valence-corrected chi connectivity index (χ1v) is 8.34. The molecule has 3 aromatic rings. The number of hydrogen-bond donors (Lipinski definition) is 1. The van der Waals surface area contributed by atoms with E-state index in [4.69, 9.17) is 11.6 Å². The van der Waals surface area contributed by atoms with Gasteiger partial charge in [-0.3, -0.25) is 4.79 Å². The Balaban J connectivity index is 2.30. The third-order valence-electron chi connectivity index (χ3n) is 4.07. The summed E-state index contributed by atoms with van der Waals surface area (Å²) in [5.74, 6) is -0.304. The van der Waals surface area contributed by atoms with E-state index in [0.717, 1.165) is 16.7 Å². The van der Waals surface area contributed by atoms with Gasteiger partial charge in [0.25, 0.3) is 0 Å². The Morgan fingerprint density at radius 1 is 0.708 bits per heavy atom. The highest BCUT2D eigenvalue weighted by atomic mass is 35.5. The molecule has 0 atom stereocenters. The number of rotatable bonds is 5. The number of halogens is 1. The normalized spacial score (nSPS) is 11.0. The molecule has 0 spiro atoms. The first kappa shape index (κ1) is 16.3. The molecule has 3 aromatic carbocycles. The van der Waals surface area contributed by atoms with Gasteiger partial charge in [0.2, 0.25) is 5.91 Å². The van der Waals surface area contributed by atoms with Crippen LogP contribution in [-0.2, 0) is 10.3 Å². The predicted molar refractivity (Wildman–Crippen MR) is 98.1 cm³/mol. The molecule has 0 aliphatic rings. The smallest absolute Gasteiger partial charge is 0.236 e. The van der Waals surface area contributed by atoms with E-state index in [1.54, 1.807) is 0 Å². The number of hydrogen-bond acceptors (Lipinski definition) is 1. The maximum Gasteiger partial charge on any atom is 0.236 e. The second-order valence-corrected chi connectivity index (χ2v) is 5.80. The highest BCUT2D eigenvalue weighted by Crippen LogP contribution is 2.36. The lowest BCUT2D eigenvalue weighted by Crippen LogP contribution is -2.48. The van der Waals surface area contributed by atoms with E-state index in [-0.39, 0.29) is 11.8 Å². The van der Waals surface area contributed by atoms with Crippen molar-refractivity contribution < 1.29 is 4.79 Å². The molecule has 0 aliphatic carbocycles. The maximum absolute atomic E-state index is 12.3. The molecule has 24 heavy (non-hydrogen) atoms. The number of carbonyl (C=O) groups excluding carboxylic acids is 1. The minimum atomic E-state index is -0.782. The Kier molecular flexibility index (Phi) is 4.97. The lowest BCUT2D eigenvalue weighted by molar-refractivity contribution is -0.119. The Morgan fingerprint density at radius 3 is 1.33 bits per heavy atom. The van der Waals surface area contributed by atoms with Crippen molar-refractivity contribution in [3.8, 4) is 0 Å². The van der Waals surface area contributed by atoms with Crippen LogP contribution in [0.2, 0.25) is 0 Å². The van der Waals surface area contributed by atoms with E-state index in [0.29, 0.717) is 0 Å². The van der Waals surface area contributed by atoms with Crippen LogP contribution in [0.5, 0.6) is 0 Å². The van der Waals surface area contributed by atoms with E-state index in [9.17, 15) is 4.79 Å². The standard InChI is InChI=1S/C21H18ClNO/c22-16-20(24)23-21(17-10-4-1-5-11-17,18-12-6-2-7-13-18)19-14-8-3-9-15-19/h1-15H,16H2,(H,23,24). The molecule has 2 nitrogen and oxygen atoms in total. The number of benzene rings is 3. The van der Waals surface area contributed by atoms with E-state index >= 15 is 0 Å². The summed E-state index contributed by atoms with van der Waals surface area (Å²) in [7, 11) is 0. The lowest BCUT2D eigenvalue weighted by Gasteiger charge is -2.36. The monoisotopic (exact) mass is 335 g/mol. The molecular weight excluding hydrogens is 318 g/mol. The number of alkyl halides is 1. The van der Waals surface area contributed by atoms with Gasteiger partial charge in [0.15, 0.2) is 0 Å². The highest BCUT2D eigenvalue weighted by molar-refractivity contribution is 6.27. The van der Waals surface area contributed by atoms with Crippen molar-refractivity contribution in [2.75, 3.05) is 5.88 Å². The summed E-state index contributed by atoms with van der Waals surface area (Å²) in [6.07, 6.45) is 0. The van der Waals surface area contributed by atoms with Gasteiger partial charge in [-0.25, -0.2) is 0 Å². The first-order chi connectivity index (χ1) is 11.8. The summed E-state index contributed by atoms with van der Waals surface area (Å²) in [5, 5.41) is 3.16. The Bertz CT molecular complexity index is 691. The molecule has 0 saturated carbocycles. The molecule has 120 valence electrons. The zero-order valence-electron chi connectivity index (χ0n) is 13.2. The van der Waals surface area contributed by atoms with Crippen molar-refractivity contribution in [2.45, 2.75) is 5.54 Å². The van der Waals surface area contributed by atoms with Gasteiger partial charge in [-0.15, -0.1) is 11.6 Å². The van der Waals surface area contributed by atoms with Crippen LogP contribution in [0.25, 0.3) is 0 Å². The van der Waals surface area contributed by atoms with Crippen LogP contribution in [0.15, 0.2) is 91.0 Å². The van der Waals surface area contributed by atoms with Gasteiger partial charge in [0, 0.05) is 0 Å². The fourth-order valence-electron chi connectivity index (χ4n) is 3.02. The van der Waals surface area contributed by atoms with Crippen molar-refractivity contribution in [2.24, 2.45) is 0 Å². The van der Waals surface area contributed by atoms with Crippen LogP contribution in [0.1, 0.15) is 16.7 Å². The van der Waals surface area contributed by atoms with Gasteiger partial charge in [-0.1, -0.05) is 91.0 Å². The average Bonchev–Trinajstić information content (AvgIpc) is 2.68. The zero-order chi connectivity index (χ0) is 16.8. The molecule has 0 unspecified atom stereocenters. The number of nitrogens with one attached hydrogen (secondary N) is 1. The molecule has 0 bridgehead atoms. The van der Waals surface area contributed by atoms with Crippen molar-refractivity contribution >= 4 is 17.5 Å². The fourth-order valence-corrected chi connectivity index (χ4v) is 3.09. The predicted octanol–water partition coefficient (Wildman–Crippen LogP) is 4.33. The third kappa shape index (κ3) is 3.06. The molecule has 1 amide bonds. The number of amides is 1. The minimum Gasteiger partial charge on any atom is -0.337 e. The Labute approximate surface area is 147 Å². The molecule has 0 heterocycles. The third-order valence-corrected chi connectivity index (χ3v) is 4.31. The van der Waals surface area contributed by atoms with Crippen LogP contribution in [0.4, 0.5) is 0 Å². The lowest BCUT2D eigenvalue weighted by atomic mass is 9.77. The summed E-state index contributed by atoms with van der Waals surface area (Å²) in [6.45, 7) is 0. The minimum absolute atomic E-state index is 0.0890. The van der Waals surface area contributed by atoms with Crippen LogP contribution >= 0.6 is 11.6 Å². The first-order valence-electron chi connectivity index (χ1n) is 7.81. The number of carbonyl (C=O) groups is 1. The summed E-state index contributed by atoms with van der Waals surface area (Å²) in [4.78, 5) is 12.3. The van der Waals surface area contributed by atoms with Gasteiger partial charge in [0.1, 0.15) is 11.4 Å². The molecule has 3 heteroatoms. The molecule has 1 N–H and O–H groups in total. The van der Waals surface area contributed by atoms with Crippen molar-refractivity contribution in [1.82, 2.24) is 5.32 Å². The van der Waals surface area contributed by atoms with Crippen LogP contribution in [0.3, 0.4) is 0 Å². The summed E-state index contributed by atoms with van der Waals surface area (Å²) in [6, 6.07) is 29.9. The average molecular weight is 336 g/mol. The van der Waals surface area contributed by atoms with E-state index in [2.05, 4.69) is 5.32 Å². The molecule has 0 radical (unpaired) electrons. The van der Waals surface area contributed by atoms with Gasteiger partial charge in [0.05, 0.1) is 0 Å². The van der Waals surface area contributed by atoms with Gasteiger partial charge < -0.3 is 5.32 Å². The molecule has 0 fully saturated rings. The molecule has 0 aliphatic heterocycles. The summed E-state index contributed by atoms with van der Waals surface area (Å²) in [5.41, 5.74) is 2.18. The molecule has 3 rings (SSSR count). The Morgan fingerprint density at radius 2 is 1.04 bits per heavy atom. The molecule has 0 aromatic heterocycles. The van der Waals surface area contributed by atoms with E-state index in [1.165, 1.54) is 0 Å². The highest BCUT2D eigenvalue weighted by Gasteiger charge is 2.37. The SMILES string of the molecule is O=C(CCl)NC(c1ccccc1)(c1ccccc1)c1ccccc1.